The van der Waals surface area contributed by atoms with E-state index >= 15 is 0 Å². The van der Waals surface area contributed by atoms with Crippen LogP contribution < -0.4 is 0 Å². The molecular weight excluding hydrogens is 148 g/mol. The van der Waals surface area contributed by atoms with E-state index in [0.29, 0.717) is 17.6 Å². The number of hydrogen-bond donors (Lipinski definition) is 1. The lowest BCUT2D eigenvalue weighted by Crippen LogP contribution is -2.20. The van der Waals surface area contributed by atoms with Crippen LogP contribution in [-0.4, -0.2) is 5.11 Å². The molecule has 0 bridgehead atoms. The Bertz CT molecular complexity index is 252. The zero-order valence-corrected chi connectivity index (χ0v) is 7.75. The minimum Gasteiger partial charge on any atom is -0.512 e. The summed E-state index contributed by atoms with van der Waals surface area (Å²) in [5.41, 5.74) is 0.142. The van der Waals surface area contributed by atoms with Gasteiger partial charge in [0.25, 0.3) is 0 Å². The van der Waals surface area contributed by atoms with Gasteiger partial charge in [-0.25, -0.2) is 0 Å². The van der Waals surface area contributed by atoms with Gasteiger partial charge >= 0.3 is 0 Å². The van der Waals surface area contributed by atoms with Crippen LogP contribution in [0.4, 0.5) is 0 Å². The second kappa shape index (κ2) is 2.38. The first-order valence-corrected chi connectivity index (χ1v) is 4.79. The van der Waals surface area contributed by atoms with E-state index in [1.807, 2.05) is 12.2 Å². The highest BCUT2D eigenvalue weighted by atomic mass is 16.3. The third kappa shape index (κ3) is 0.796. The van der Waals surface area contributed by atoms with Crippen molar-refractivity contribution in [1.82, 2.24) is 0 Å². The van der Waals surface area contributed by atoms with Gasteiger partial charge in [0.05, 0.1) is 5.76 Å². The molecule has 2 aliphatic carbocycles. The fourth-order valence-electron chi connectivity index (χ4n) is 2.62. The quantitative estimate of drug-likeness (QED) is 0.631. The van der Waals surface area contributed by atoms with E-state index in [1.165, 1.54) is 0 Å². The average Bonchev–Trinajstić information content (AvgIpc) is 2.70. The number of allylic oxidation sites excluding steroid dienone is 4. The molecule has 0 saturated heterocycles. The molecule has 1 fully saturated rings. The summed E-state index contributed by atoms with van der Waals surface area (Å²) in [5, 5.41) is 9.78. The molecule has 1 heteroatoms. The van der Waals surface area contributed by atoms with Crippen LogP contribution in [0.15, 0.2) is 24.0 Å². The summed E-state index contributed by atoms with van der Waals surface area (Å²) >= 11 is 0. The van der Waals surface area contributed by atoms with Gasteiger partial charge in [0.2, 0.25) is 0 Å². The van der Waals surface area contributed by atoms with Crippen molar-refractivity contribution in [1.29, 1.82) is 0 Å². The van der Waals surface area contributed by atoms with Crippen molar-refractivity contribution in [3.05, 3.63) is 24.0 Å². The van der Waals surface area contributed by atoms with Gasteiger partial charge in [-0.15, -0.1) is 0 Å². The molecule has 1 N–H and O–H groups in total. The highest BCUT2D eigenvalue weighted by molar-refractivity contribution is 5.31. The first-order chi connectivity index (χ1) is 5.71. The minimum atomic E-state index is 0.142. The maximum Gasteiger partial charge on any atom is 0.0992 e. The average molecular weight is 164 g/mol. The molecule has 0 radical (unpaired) electrons. The fourth-order valence-corrected chi connectivity index (χ4v) is 2.62. The van der Waals surface area contributed by atoms with E-state index in [4.69, 9.17) is 0 Å². The zero-order chi connectivity index (χ0) is 8.77. The number of hydrogen-bond acceptors (Lipinski definition) is 1. The fraction of sp³-hybridized carbons (Fsp3) is 0.636. The van der Waals surface area contributed by atoms with Crippen LogP contribution in [0.3, 0.4) is 0 Å². The van der Waals surface area contributed by atoms with Crippen molar-refractivity contribution in [3.63, 3.8) is 0 Å². The van der Waals surface area contributed by atoms with Crippen LogP contribution in [0, 0.1) is 17.3 Å². The van der Waals surface area contributed by atoms with Crippen molar-refractivity contribution in [3.8, 4) is 0 Å². The second-order valence-electron chi connectivity index (χ2n) is 4.10. The summed E-state index contributed by atoms with van der Waals surface area (Å²) in [6.45, 7) is 4.42. The summed E-state index contributed by atoms with van der Waals surface area (Å²) in [6, 6.07) is 0. The van der Waals surface area contributed by atoms with Crippen molar-refractivity contribution in [2.45, 2.75) is 26.7 Å². The summed E-state index contributed by atoms with van der Waals surface area (Å²) in [5.74, 6) is 1.85. The lowest BCUT2D eigenvalue weighted by molar-refractivity contribution is 0.245. The molecule has 0 heterocycles. The predicted molar refractivity (Wildman–Crippen MR) is 49.8 cm³/mol. The van der Waals surface area contributed by atoms with Crippen LogP contribution in [0.1, 0.15) is 26.7 Å². The molecule has 0 aromatic carbocycles. The van der Waals surface area contributed by atoms with Crippen molar-refractivity contribution in [2.75, 3.05) is 0 Å². The smallest absolute Gasteiger partial charge is 0.0992 e. The summed E-state index contributed by atoms with van der Waals surface area (Å²) in [7, 11) is 0. The molecule has 66 valence electrons. The molecule has 1 saturated carbocycles. The van der Waals surface area contributed by atoms with Gasteiger partial charge in [-0.2, -0.15) is 0 Å². The van der Waals surface area contributed by atoms with E-state index in [-0.39, 0.29) is 5.41 Å². The van der Waals surface area contributed by atoms with E-state index in [1.54, 1.807) is 0 Å². The van der Waals surface area contributed by atoms with E-state index in [0.717, 1.165) is 12.8 Å². The van der Waals surface area contributed by atoms with Crippen LogP contribution in [-0.2, 0) is 0 Å². The van der Waals surface area contributed by atoms with E-state index in [9.17, 15) is 5.11 Å². The SMILES string of the molecule is CCC1C=CC=C(O)C12CC2C. The molecule has 1 nitrogen and oxygen atoms in total. The monoisotopic (exact) mass is 164 g/mol. The Balaban J connectivity index is 2.30. The standard InChI is InChI=1S/C11H16O/c1-3-9-5-4-6-10(12)11(9)7-8(11)2/h4-6,8-9,12H,3,7H2,1-2H3. The van der Waals surface area contributed by atoms with E-state index < -0.39 is 0 Å². The lowest BCUT2D eigenvalue weighted by Gasteiger charge is -2.26. The Morgan fingerprint density at radius 3 is 2.75 bits per heavy atom. The molecular formula is C11H16O. The Labute approximate surface area is 73.8 Å². The first kappa shape index (κ1) is 7.90. The van der Waals surface area contributed by atoms with Gasteiger partial charge < -0.3 is 5.11 Å². The normalized spacial score (nSPS) is 44.7. The molecule has 0 aliphatic heterocycles. The number of rotatable bonds is 1. The lowest BCUT2D eigenvalue weighted by atomic mass is 9.80. The Morgan fingerprint density at radius 1 is 1.67 bits per heavy atom. The predicted octanol–water partition coefficient (Wildman–Crippen LogP) is 3.05. The molecule has 0 amide bonds. The third-order valence-electron chi connectivity index (χ3n) is 3.54. The van der Waals surface area contributed by atoms with Crippen molar-refractivity contribution >= 4 is 0 Å². The minimum absolute atomic E-state index is 0.142. The van der Waals surface area contributed by atoms with Gasteiger partial charge in [-0.1, -0.05) is 26.0 Å². The van der Waals surface area contributed by atoms with Gasteiger partial charge in [-0.05, 0) is 30.8 Å². The van der Waals surface area contributed by atoms with E-state index in [2.05, 4.69) is 19.9 Å². The Kier molecular flexibility index (Phi) is 1.57. The highest BCUT2D eigenvalue weighted by Crippen LogP contribution is 2.63. The van der Waals surface area contributed by atoms with Gasteiger partial charge in [0.1, 0.15) is 0 Å². The molecule has 12 heavy (non-hydrogen) atoms. The second-order valence-corrected chi connectivity index (χ2v) is 4.10. The summed E-state index contributed by atoms with van der Waals surface area (Å²) < 4.78 is 0. The van der Waals surface area contributed by atoms with Crippen LogP contribution in [0.2, 0.25) is 0 Å². The molecule has 2 rings (SSSR count). The van der Waals surface area contributed by atoms with Crippen molar-refractivity contribution < 1.29 is 5.11 Å². The van der Waals surface area contributed by atoms with Crippen molar-refractivity contribution in [2.24, 2.45) is 17.3 Å². The largest absolute Gasteiger partial charge is 0.512 e. The number of aliphatic hydroxyl groups excluding tert-OH is 1. The van der Waals surface area contributed by atoms with Gasteiger partial charge in [0, 0.05) is 5.41 Å². The van der Waals surface area contributed by atoms with Crippen LogP contribution in [0.25, 0.3) is 0 Å². The topological polar surface area (TPSA) is 20.2 Å². The molecule has 0 aromatic rings. The van der Waals surface area contributed by atoms with Gasteiger partial charge in [0.15, 0.2) is 0 Å². The first-order valence-electron chi connectivity index (χ1n) is 4.79. The van der Waals surface area contributed by atoms with Crippen LogP contribution in [0.5, 0.6) is 0 Å². The highest BCUT2D eigenvalue weighted by Gasteiger charge is 2.58. The Hall–Kier alpha value is -0.720. The molecule has 1 spiro atoms. The maximum absolute atomic E-state index is 9.78. The third-order valence-corrected chi connectivity index (χ3v) is 3.54. The van der Waals surface area contributed by atoms with Crippen LogP contribution >= 0.6 is 0 Å². The molecule has 3 unspecified atom stereocenters. The van der Waals surface area contributed by atoms with Gasteiger partial charge in [-0.3, -0.25) is 0 Å². The summed E-state index contributed by atoms with van der Waals surface area (Å²) in [6.07, 6.45) is 8.38. The number of aliphatic hydroxyl groups is 1. The molecule has 2 aliphatic rings. The zero-order valence-electron chi connectivity index (χ0n) is 7.75. The molecule has 0 aromatic heterocycles. The molecule has 3 atom stereocenters. The summed E-state index contributed by atoms with van der Waals surface area (Å²) in [4.78, 5) is 0. The Morgan fingerprint density at radius 2 is 2.33 bits per heavy atom. The maximum atomic E-state index is 9.78.